The van der Waals surface area contributed by atoms with E-state index in [9.17, 15) is 23.3 Å². The van der Waals surface area contributed by atoms with Crippen LogP contribution in [0.1, 0.15) is 12.5 Å². The Hall–Kier alpha value is -3.92. The second kappa shape index (κ2) is 10.1. The van der Waals surface area contributed by atoms with Crippen LogP contribution in [0.3, 0.4) is 0 Å². The predicted molar refractivity (Wildman–Crippen MR) is 125 cm³/mol. The van der Waals surface area contributed by atoms with Gasteiger partial charge in [0.15, 0.2) is 0 Å². The lowest BCUT2D eigenvalue weighted by Crippen LogP contribution is -2.38. The van der Waals surface area contributed by atoms with Crippen molar-refractivity contribution in [2.45, 2.75) is 18.2 Å². The van der Waals surface area contributed by atoms with E-state index in [-0.39, 0.29) is 22.0 Å². The fourth-order valence-corrected chi connectivity index (χ4v) is 4.60. The summed E-state index contributed by atoms with van der Waals surface area (Å²) in [5, 5.41) is 13.6. The minimum Gasteiger partial charge on any atom is -0.495 e. The van der Waals surface area contributed by atoms with Crippen LogP contribution in [0.15, 0.2) is 77.7 Å². The number of non-ortho nitro benzene ring substituents is 1. The van der Waals surface area contributed by atoms with Crippen LogP contribution in [-0.2, 0) is 21.2 Å². The highest BCUT2D eigenvalue weighted by Gasteiger charge is 2.27. The molecule has 3 aromatic carbocycles. The predicted octanol–water partition coefficient (Wildman–Crippen LogP) is 4.00. The maximum atomic E-state index is 13.4. The SMILES string of the molecule is CCc1ccc(N(CC(=O)Nc2cc([N+](=O)[O-])ccc2OC)S(=O)(=O)c2ccccc2)cc1. The number of hydrogen-bond donors (Lipinski definition) is 1. The minimum atomic E-state index is -4.07. The molecule has 0 heterocycles. The summed E-state index contributed by atoms with van der Waals surface area (Å²) >= 11 is 0. The molecular weight excluding hydrogens is 446 g/mol. The van der Waals surface area contributed by atoms with E-state index < -0.39 is 27.4 Å². The van der Waals surface area contributed by atoms with Gasteiger partial charge in [-0.25, -0.2) is 8.42 Å². The van der Waals surface area contributed by atoms with Crippen molar-refractivity contribution < 1.29 is 22.9 Å². The molecule has 9 nitrogen and oxygen atoms in total. The molecule has 0 aliphatic heterocycles. The number of rotatable bonds is 9. The number of methoxy groups -OCH3 is 1. The molecule has 1 N–H and O–H groups in total. The molecule has 3 aromatic rings. The molecule has 0 aliphatic rings. The Morgan fingerprint density at radius 3 is 2.30 bits per heavy atom. The number of carbonyl (C=O) groups is 1. The lowest BCUT2D eigenvalue weighted by Gasteiger charge is -2.24. The van der Waals surface area contributed by atoms with Gasteiger partial charge in [-0.3, -0.25) is 19.2 Å². The molecule has 3 rings (SSSR count). The van der Waals surface area contributed by atoms with E-state index in [4.69, 9.17) is 4.74 Å². The molecule has 0 aromatic heterocycles. The van der Waals surface area contributed by atoms with Gasteiger partial charge in [-0.2, -0.15) is 0 Å². The van der Waals surface area contributed by atoms with E-state index in [1.165, 1.54) is 31.4 Å². The first-order valence-electron chi connectivity index (χ1n) is 10.0. The molecule has 0 atom stereocenters. The van der Waals surface area contributed by atoms with Crippen LogP contribution >= 0.6 is 0 Å². The average Bonchev–Trinajstić information content (AvgIpc) is 2.83. The largest absolute Gasteiger partial charge is 0.495 e. The standard InChI is InChI=1S/C23H23N3O6S/c1-3-17-9-11-18(12-10-17)25(33(30,31)20-7-5-4-6-8-20)16-23(27)24-21-15-19(26(28)29)13-14-22(21)32-2/h4-15H,3,16H2,1-2H3,(H,24,27). The van der Waals surface area contributed by atoms with Crippen molar-refractivity contribution >= 4 is 33.0 Å². The highest BCUT2D eigenvalue weighted by molar-refractivity contribution is 7.92. The second-order valence-corrected chi connectivity index (χ2v) is 8.90. The third-order valence-corrected chi connectivity index (χ3v) is 6.71. The Labute approximate surface area is 191 Å². The van der Waals surface area contributed by atoms with Crippen LogP contribution in [0.2, 0.25) is 0 Å². The van der Waals surface area contributed by atoms with E-state index in [0.717, 1.165) is 22.4 Å². The average molecular weight is 470 g/mol. The quantitative estimate of drug-likeness (QED) is 0.374. The van der Waals surface area contributed by atoms with Crippen molar-refractivity contribution in [1.82, 2.24) is 0 Å². The molecule has 0 saturated carbocycles. The zero-order chi connectivity index (χ0) is 24.0. The minimum absolute atomic E-state index is 0.0327. The first kappa shape index (κ1) is 23.7. The molecule has 0 saturated heterocycles. The summed E-state index contributed by atoms with van der Waals surface area (Å²) in [5.74, 6) is -0.480. The van der Waals surface area contributed by atoms with E-state index in [0.29, 0.717) is 5.69 Å². The van der Waals surface area contributed by atoms with Gasteiger partial charge in [-0.15, -0.1) is 0 Å². The zero-order valence-electron chi connectivity index (χ0n) is 18.1. The highest BCUT2D eigenvalue weighted by atomic mass is 32.2. The number of nitrogens with zero attached hydrogens (tertiary/aromatic N) is 2. The maximum absolute atomic E-state index is 13.4. The second-order valence-electron chi connectivity index (χ2n) is 7.03. The number of ether oxygens (including phenoxy) is 1. The lowest BCUT2D eigenvalue weighted by molar-refractivity contribution is -0.384. The smallest absolute Gasteiger partial charge is 0.271 e. The van der Waals surface area contributed by atoms with Crippen LogP contribution in [0.4, 0.5) is 17.1 Å². The Morgan fingerprint density at radius 2 is 1.73 bits per heavy atom. The van der Waals surface area contributed by atoms with Gasteiger partial charge in [0.05, 0.1) is 28.3 Å². The summed E-state index contributed by atoms with van der Waals surface area (Å²) in [6.07, 6.45) is 0.777. The van der Waals surface area contributed by atoms with Gasteiger partial charge in [0.1, 0.15) is 12.3 Å². The molecule has 0 unspecified atom stereocenters. The number of benzene rings is 3. The number of anilines is 2. The molecule has 10 heteroatoms. The van der Waals surface area contributed by atoms with Gasteiger partial charge in [0.25, 0.3) is 15.7 Å². The van der Waals surface area contributed by atoms with E-state index in [1.807, 2.05) is 6.92 Å². The third-order valence-electron chi connectivity index (χ3n) is 4.92. The lowest BCUT2D eigenvalue weighted by atomic mass is 10.1. The Bertz CT molecular complexity index is 1240. The van der Waals surface area contributed by atoms with Gasteiger partial charge in [-0.1, -0.05) is 37.3 Å². The Morgan fingerprint density at radius 1 is 1.06 bits per heavy atom. The van der Waals surface area contributed by atoms with Crippen LogP contribution < -0.4 is 14.4 Å². The molecule has 172 valence electrons. The fourth-order valence-electron chi connectivity index (χ4n) is 3.16. The number of carbonyl (C=O) groups excluding carboxylic acids is 1. The topological polar surface area (TPSA) is 119 Å². The van der Waals surface area contributed by atoms with Crippen LogP contribution in [0.25, 0.3) is 0 Å². The number of nitrogens with one attached hydrogen (secondary N) is 1. The third kappa shape index (κ3) is 5.47. The monoisotopic (exact) mass is 469 g/mol. The van der Waals surface area contributed by atoms with Crippen LogP contribution in [0.5, 0.6) is 5.75 Å². The number of sulfonamides is 1. The number of nitro benzene ring substituents is 1. The van der Waals surface area contributed by atoms with Crippen molar-refractivity contribution in [1.29, 1.82) is 0 Å². The van der Waals surface area contributed by atoms with E-state index in [1.54, 1.807) is 42.5 Å². The molecule has 33 heavy (non-hydrogen) atoms. The first-order valence-corrected chi connectivity index (χ1v) is 11.5. The van der Waals surface area contributed by atoms with Crippen molar-refractivity contribution in [2.24, 2.45) is 0 Å². The summed E-state index contributed by atoms with van der Waals surface area (Å²) in [4.78, 5) is 23.4. The van der Waals surface area contributed by atoms with E-state index >= 15 is 0 Å². The number of aryl methyl sites for hydroxylation is 1. The van der Waals surface area contributed by atoms with Gasteiger partial charge in [0, 0.05) is 12.1 Å². The maximum Gasteiger partial charge on any atom is 0.271 e. The normalized spacial score (nSPS) is 11.0. The summed E-state index contributed by atoms with van der Waals surface area (Å²) in [6.45, 7) is 1.43. The molecule has 0 aliphatic carbocycles. The van der Waals surface area contributed by atoms with Crippen molar-refractivity contribution in [3.05, 3.63) is 88.5 Å². The van der Waals surface area contributed by atoms with Crippen LogP contribution in [0, 0.1) is 10.1 Å². The van der Waals surface area contributed by atoms with E-state index in [2.05, 4.69) is 5.32 Å². The highest BCUT2D eigenvalue weighted by Crippen LogP contribution is 2.29. The number of amides is 1. The molecule has 0 radical (unpaired) electrons. The number of nitro groups is 1. The molecular formula is C23H23N3O6S. The van der Waals surface area contributed by atoms with Gasteiger partial charge in [0.2, 0.25) is 5.91 Å². The molecule has 0 fully saturated rings. The van der Waals surface area contributed by atoms with Crippen LogP contribution in [-0.4, -0.2) is 32.9 Å². The summed E-state index contributed by atoms with van der Waals surface area (Å²) < 4.78 is 32.9. The van der Waals surface area contributed by atoms with Gasteiger partial charge >= 0.3 is 0 Å². The fraction of sp³-hybridized carbons (Fsp3) is 0.174. The summed E-state index contributed by atoms with van der Waals surface area (Å²) in [5.41, 5.74) is 1.16. The summed E-state index contributed by atoms with van der Waals surface area (Å²) in [7, 11) is -2.71. The van der Waals surface area contributed by atoms with Crippen molar-refractivity contribution in [3.63, 3.8) is 0 Å². The van der Waals surface area contributed by atoms with Gasteiger partial charge < -0.3 is 10.1 Å². The molecule has 0 bridgehead atoms. The Kier molecular flexibility index (Phi) is 7.29. The zero-order valence-corrected chi connectivity index (χ0v) is 18.9. The molecule has 0 spiro atoms. The Balaban J connectivity index is 1.96. The summed E-state index contributed by atoms with van der Waals surface area (Å²) in [6, 6.07) is 18.4. The molecule has 1 amide bonds. The number of hydrogen-bond acceptors (Lipinski definition) is 6. The first-order chi connectivity index (χ1) is 15.8. The van der Waals surface area contributed by atoms with Gasteiger partial charge in [-0.05, 0) is 42.3 Å². The van der Waals surface area contributed by atoms with Crippen molar-refractivity contribution in [2.75, 3.05) is 23.3 Å². The van der Waals surface area contributed by atoms with Crippen molar-refractivity contribution in [3.8, 4) is 5.75 Å².